The zero-order valence-corrected chi connectivity index (χ0v) is 16.1. The van der Waals surface area contributed by atoms with E-state index in [1.807, 2.05) is 41.7 Å². The Kier molecular flexibility index (Phi) is 7.26. The van der Waals surface area contributed by atoms with Crippen LogP contribution in [0.2, 0.25) is 0 Å². The van der Waals surface area contributed by atoms with E-state index in [1.165, 1.54) is 35.6 Å². The number of ether oxygens (including phenoxy) is 1. The molecule has 138 valence electrons. The average Bonchev–Trinajstić information content (AvgIpc) is 2.68. The van der Waals surface area contributed by atoms with E-state index in [9.17, 15) is 9.18 Å². The first-order valence-electron chi connectivity index (χ1n) is 8.68. The lowest BCUT2D eigenvalue weighted by Gasteiger charge is -2.21. The van der Waals surface area contributed by atoms with Gasteiger partial charge < -0.3 is 10.1 Å². The molecule has 6 heteroatoms. The van der Waals surface area contributed by atoms with E-state index in [-0.39, 0.29) is 18.3 Å². The number of nitrogens with one attached hydrogen (secondary N) is 1. The lowest BCUT2D eigenvalue weighted by Crippen LogP contribution is -2.30. The highest BCUT2D eigenvalue weighted by Crippen LogP contribution is 2.43. The van der Waals surface area contributed by atoms with Gasteiger partial charge in [0.2, 0.25) is 0 Å². The second kappa shape index (κ2) is 9.88. The van der Waals surface area contributed by atoms with E-state index < -0.39 is 0 Å². The van der Waals surface area contributed by atoms with Crippen LogP contribution in [-0.2, 0) is 11.2 Å². The minimum atomic E-state index is -0.259. The summed E-state index contributed by atoms with van der Waals surface area (Å²) in [5.41, 5.74) is 2.16. The maximum atomic E-state index is 13.1. The normalized spacial score (nSPS) is 14.8. The van der Waals surface area contributed by atoms with Gasteiger partial charge in [0.05, 0.1) is 4.58 Å². The van der Waals surface area contributed by atoms with Gasteiger partial charge in [-0.25, -0.2) is 4.39 Å². The number of halogens is 1. The molecule has 0 atom stereocenters. The molecule has 0 radical (unpaired) electrons. The van der Waals surface area contributed by atoms with E-state index in [1.54, 1.807) is 6.07 Å². The standard InChI is InChI=1S/C20H22FNO2S2/c21-17-4-1-3-15(13-17)9-10-22-19(23)14-24-18-7-5-16(6-8-18)20-25-11-2-12-26-20/h1,3-8,13,20H,2,9-12,14H2,(H,22,23). The van der Waals surface area contributed by atoms with E-state index in [0.717, 1.165) is 5.56 Å². The fraction of sp³-hybridized carbons (Fsp3) is 0.350. The van der Waals surface area contributed by atoms with E-state index >= 15 is 0 Å². The topological polar surface area (TPSA) is 38.3 Å². The maximum absolute atomic E-state index is 13.1. The van der Waals surface area contributed by atoms with Crippen molar-refractivity contribution in [2.75, 3.05) is 24.7 Å². The summed E-state index contributed by atoms with van der Waals surface area (Å²) in [5, 5.41) is 2.79. The van der Waals surface area contributed by atoms with Crippen LogP contribution in [0.15, 0.2) is 48.5 Å². The molecule has 1 fully saturated rings. The fourth-order valence-corrected chi connectivity index (χ4v) is 5.53. The Labute approximate surface area is 162 Å². The van der Waals surface area contributed by atoms with Crippen LogP contribution in [-0.4, -0.2) is 30.6 Å². The highest BCUT2D eigenvalue weighted by atomic mass is 32.2. The summed E-state index contributed by atoms with van der Waals surface area (Å²) in [5.74, 6) is 2.69. The molecule has 0 aliphatic carbocycles. The Morgan fingerprint density at radius 1 is 1.15 bits per heavy atom. The SMILES string of the molecule is O=C(COc1ccc(C2SCCCS2)cc1)NCCc1cccc(F)c1. The summed E-state index contributed by atoms with van der Waals surface area (Å²) in [6.45, 7) is 0.441. The van der Waals surface area contributed by atoms with Crippen LogP contribution in [0.5, 0.6) is 5.75 Å². The summed E-state index contributed by atoms with van der Waals surface area (Å²) >= 11 is 3.97. The van der Waals surface area contributed by atoms with Crippen molar-refractivity contribution in [3.05, 3.63) is 65.5 Å². The van der Waals surface area contributed by atoms with E-state index in [4.69, 9.17) is 4.74 Å². The van der Waals surface area contributed by atoms with Gasteiger partial charge in [-0.15, -0.1) is 23.5 Å². The molecular formula is C20H22FNO2S2. The first-order valence-corrected chi connectivity index (χ1v) is 10.8. The maximum Gasteiger partial charge on any atom is 0.257 e. The minimum Gasteiger partial charge on any atom is -0.484 e. The minimum absolute atomic E-state index is 0.0184. The van der Waals surface area contributed by atoms with Gasteiger partial charge in [0.1, 0.15) is 11.6 Å². The van der Waals surface area contributed by atoms with Crippen molar-refractivity contribution in [2.45, 2.75) is 17.4 Å². The molecule has 2 aromatic rings. The lowest BCUT2D eigenvalue weighted by molar-refractivity contribution is -0.123. The van der Waals surface area contributed by atoms with Crippen molar-refractivity contribution in [1.29, 1.82) is 0 Å². The van der Waals surface area contributed by atoms with Gasteiger partial charge >= 0.3 is 0 Å². The predicted molar refractivity (Wildman–Crippen MR) is 107 cm³/mol. The first kappa shape index (κ1) is 19.1. The van der Waals surface area contributed by atoms with Gasteiger partial charge in [-0.3, -0.25) is 4.79 Å². The third-order valence-electron chi connectivity index (χ3n) is 3.97. The molecule has 1 heterocycles. The van der Waals surface area contributed by atoms with Crippen molar-refractivity contribution in [1.82, 2.24) is 5.32 Å². The zero-order chi connectivity index (χ0) is 18.2. The van der Waals surface area contributed by atoms with Crippen LogP contribution < -0.4 is 10.1 Å². The van der Waals surface area contributed by atoms with Crippen LogP contribution in [0.1, 0.15) is 22.1 Å². The number of hydrogen-bond acceptors (Lipinski definition) is 4. The largest absolute Gasteiger partial charge is 0.484 e. The van der Waals surface area contributed by atoms with Gasteiger partial charge in [-0.2, -0.15) is 0 Å². The molecule has 1 saturated heterocycles. The smallest absolute Gasteiger partial charge is 0.257 e. The molecule has 0 saturated carbocycles. The third-order valence-corrected chi connectivity index (χ3v) is 6.99. The Hall–Kier alpha value is -1.66. The lowest BCUT2D eigenvalue weighted by atomic mass is 10.1. The van der Waals surface area contributed by atoms with Crippen molar-refractivity contribution in [3.8, 4) is 5.75 Å². The van der Waals surface area contributed by atoms with Crippen LogP contribution in [0.3, 0.4) is 0 Å². The van der Waals surface area contributed by atoms with Gasteiger partial charge in [0.15, 0.2) is 6.61 Å². The molecular weight excluding hydrogens is 369 g/mol. The molecule has 0 bridgehead atoms. The Morgan fingerprint density at radius 2 is 1.92 bits per heavy atom. The number of hydrogen-bond donors (Lipinski definition) is 1. The van der Waals surface area contributed by atoms with Crippen LogP contribution in [0.25, 0.3) is 0 Å². The Bertz CT molecular complexity index is 718. The molecule has 0 aromatic heterocycles. The molecule has 3 nitrogen and oxygen atoms in total. The molecule has 1 N–H and O–H groups in total. The van der Waals surface area contributed by atoms with E-state index in [0.29, 0.717) is 23.3 Å². The second-order valence-electron chi connectivity index (χ2n) is 6.01. The van der Waals surface area contributed by atoms with Crippen LogP contribution in [0.4, 0.5) is 4.39 Å². The van der Waals surface area contributed by atoms with Crippen molar-refractivity contribution in [3.63, 3.8) is 0 Å². The van der Waals surface area contributed by atoms with Crippen molar-refractivity contribution >= 4 is 29.4 Å². The summed E-state index contributed by atoms with van der Waals surface area (Å²) in [6.07, 6.45) is 1.87. The van der Waals surface area contributed by atoms with Gasteiger partial charge in [0.25, 0.3) is 5.91 Å². The number of benzene rings is 2. The van der Waals surface area contributed by atoms with Gasteiger partial charge in [-0.05, 0) is 59.7 Å². The molecule has 1 aliphatic heterocycles. The third kappa shape index (κ3) is 5.95. The summed E-state index contributed by atoms with van der Waals surface area (Å²) < 4.78 is 19.1. The number of thioether (sulfide) groups is 2. The van der Waals surface area contributed by atoms with Gasteiger partial charge in [0, 0.05) is 6.54 Å². The van der Waals surface area contributed by atoms with Gasteiger partial charge in [-0.1, -0.05) is 24.3 Å². The summed E-state index contributed by atoms with van der Waals surface area (Å²) in [4.78, 5) is 11.9. The van der Waals surface area contributed by atoms with E-state index in [2.05, 4.69) is 17.4 Å². The first-order chi connectivity index (χ1) is 12.7. The van der Waals surface area contributed by atoms with Crippen molar-refractivity contribution < 1.29 is 13.9 Å². The highest BCUT2D eigenvalue weighted by Gasteiger charge is 2.16. The zero-order valence-electron chi connectivity index (χ0n) is 14.4. The predicted octanol–water partition coefficient (Wildman–Crippen LogP) is 4.43. The van der Waals surface area contributed by atoms with Crippen LogP contribution >= 0.6 is 23.5 Å². The Morgan fingerprint density at radius 3 is 2.65 bits per heavy atom. The fourth-order valence-electron chi connectivity index (χ4n) is 2.64. The number of carbonyl (C=O) groups excluding carboxylic acids is 1. The molecule has 1 aliphatic rings. The number of carbonyl (C=O) groups is 1. The highest BCUT2D eigenvalue weighted by molar-refractivity contribution is 8.16. The molecule has 0 unspecified atom stereocenters. The van der Waals surface area contributed by atoms with Crippen LogP contribution in [0, 0.1) is 5.82 Å². The molecule has 2 aromatic carbocycles. The monoisotopic (exact) mass is 391 g/mol. The second-order valence-corrected chi connectivity index (χ2v) is 8.74. The quantitative estimate of drug-likeness (QED) is 0.758. The number of rotatable bonds is 7. The molecule has 26 heavy (non-hydrogen) atoms. The Balaban J connectivity index is 1.38. The summed E-state index contributed by atoms with van der Waals surface area (Å²) in [6, 6.07) is 14.4. The number of amides is 1. The molecule has 1 amide bonds. The molecule has 0 spiro atoms. The molecule has 3 rings (SSSR count). The van der Waals surface area contributed by atoms with Crippen molar-refractivity contribution in [2.24, 2.45) is 0 Å². The average molecular weight is 392 g/mol. The summed E-state index contributed by atoms with van der Waals surface area (Å²) in [7, 11) is 0.